The lowest BCUT2D eigenvalue weighted by Crippen LogP contribution is -2.07. The Hall–Kier alpha value is -2.47. The van der Waals surface area contributed by atoms with Crippen LogP contribution in [0.15, 0.2) is 59.1 Å². The summed E-state index contributed by atoms with van der Waals surface area (Å²) in [5.74, 6) is -0.351. The summed E-state index contributed by atoms with van der Waals surface area (Å²) in [6.07, 6.45) is 3.04. The van der Waals surface area contributed by atoms with E-state index in [4.69, 9.17) is 0 Å². The highest BCUT2D eigenvalue weighted by Crippen LogP contribution is 2.17. The quantitative estimate of drug-likeness (QED) is 0.516. The van der Waals surface area contributed by atoms with E-state index >= 15 is 0 Å². The topological polar surface area (TPSA) is 72.2 Å². The maximum Gasteiger partial charge on any atom is 0.271 e. The molecule has 2 rings (SSSR count). The first-order valence-corrected chi connectivity index (χ1v) is 6.83. The maximum absolute atomic E-state index is 11.8. The molecule has 1 amide bonds. The molecule has 0 saturated carbocycles. The van der Waals surface area contributed by atoms with Crippen molar-refractivity contribution < 1.29 is 9.72 Å². The molecular formula is C15H11BrN2O3. The van der Waals surface area contributed by atoms with Gasteiger partial charge in [0, 0.05) is 28.4 Å². The molecule has 0 aromatic heterocycles. The van der Waals surface area contributed by atoms with Crippen LogP contribution in [-0.2, 0) is 4.79 Å². The highest BCUT2D eigenvalue weighted by molar-refractivity contribution is 9.10. The van der Waals surface area contributed by atoms with Gasteiger partial charge in [-0.05, 0) is 29.8 Å². The molecule has 0 aliphatic heterocycles. The van der Waals surface area contributed by atoms with E-state index in [0.29, 0.717) is 5.69 Å². The second kappa shape index (κ2) is 6.81. The fourth-order valence-electron chi connectivity index (χ4n) is 1.66. The standard InChI is InChI=1S/C15H11BrN2O3/c16-12-4-1-3-11(9-12)7-8-15(19)17-13-5-2-6-14(10-13)18(20)21/h1-10H,(H,17,19)/b8-7+. The predicted molar refractivity (Wildman–Crippen MR) is 84.9 cm³/mol. The molecule has 2 aromatic rings. The van der Waals surface area contributed by atoms with Gasteiger partial charge < -0.3 is 5.32 Å². The Labute approximate surface area is 129 Å². The molecule has 0 fully saturated rings. The first-order chi connectivity index (χ1) is 10.0. The number of carbonyl (C=O) groups is 1. The molecule has 0 aliphatic carbocycles. The Bertz CT molecular complexity index is 714. The van der Waals surface area contributed by atoms with Crippen LogP contribution in [0.1, 0.15) is 5.56 Å². The van der Waals surface area contributed by atoms with Crippen LogP contribution in [0.2, 0.25) is 0 Å². The molecule has 6 heteroatoms. The van der Waals surface area contributed by atoms with Gasteiger partial charge in [-0.15, -0.1) is 0 Å². The van der Waals surface area contributed by atoms with Crippen molar-refractivity contribution in [2.24, 2.45) is 0 Å². The van der Waals surface area contributed by atoms with E-state index < -0.39 is 4.92 Å². The Balaban J connectivity index is 2.05. The van der Waals surface area contributed by atoms with Crippen LogP contribution in [-0.4, -0.2) is 10.8 Å². The van der Waals surface area contributed by atoms with Crippen molar-refractivity contribution in [1.29, 1.82) is 0 Å². The average Bonchev–Trinajstić information content (AvgIpc) is 2.45. The van der Waals surface area contributed by atoms with Crippen molar-refractivity contribution in [1.82, 2.24) is 0 Å². The predicted octanol–water partition coefficient (Wildman–Crippen LogP) is 4.01. The van der Waals surface area contributed by atoms with Crippen LogP contribution in [0, 0.1) is 10.1 Å². The van der Waals surface area contributed by atoms with E-state index in [0.717, 1.165) is 10.0 Å². The number of hydrogen-bond acceptors (Lipinski definition) is 3. The number of halogens is 1. The number of nitro groups is 1. The summed E-state index contributed by atoms with van der Waals surface area (Å²) in [4.78, 5) is 21.9. The van der Waals surface area contributed by atoms with E-state index in [1.165, 1.54) is 24.3 Å². The third-order valence-corrected chi connectivity index (χ3v) is 3.09. The Morgan fingerprint density at radius 2 is 1.95 bits per heavy atom. The van der Waals surface area contributed by atoms with Gasteiger partial charge in [0.05, 0.1) is 4.92 Å². The molecule has 0 bridgehead atoms. The molecule has 0 radical (unpaired) electrons. The summed E-state index contributed by atoms with van der Waals surface area (Å²) in [5, 5.41) is 13.2. The number of non-ortho nitro benzene ring substituents is 1. The van der Waals surface area contributed by atoms with Gasteiger partial charge in [0.15, 0.2) is 0 Å². The minimum absolute atomic E-state index is 0.0660. The van der Waals surface area contributed by atoms with Crippen molar-refractivity contribution in [3.05, 3.63) is 74.8 Å². The van der Waals surface area contributed by atoms with E-state index in [-0.39, 0.29) is 11.6 Å². The molecule has 0 unspecified atom stereocenters. The molecule has 0 saturated heterocycles. The molecular weight excluding hydrogens is 336 g/mol. The van der Waals surface area contributed by atoms with Crippen LogP contribution in [0.5, 0.6) is 0 Å². The summed E-state index contributed by atoms with van der Waals surface area (Å²) in [5.41, 5.74) is 1.19. The molecule has 2 aromatic carbocycles. The minimum atomic E-state index is -0.507. The molecule has 0 heterocycles. The molecule has 0 aliphatic rings. The Morgan fingerprint density at radius 1 is 1.19 bits per heavy atom. The van der Waals surface area contributed by atoms with Crippen molar-refractivity contribution in [3.8, 4) is 0 Å². The number of rotatable bonds is 4. The van der Waals surface area contributed by atoms with Gasteiger partial charge in [-0.25, -0.2) is 0 Å². The molecule has 0 atom stereocenters. The lowest BCUT2D eigenvalue weighted by molar-refractivity contribution is -0.384. The zero-order valence-electron chi connectivity index (χ0n) is 10.8. The first kappa shape index (κ1) is 14.9. The number of benzene rings is 2. The van der Waals surface area contributed by atoms with Crippen molar-refractivity contribution >= 4 is 39.3 Å². The number of nitrogens with one attached hydrogen (secondary N) is 1. The third-order valence-electron chi connectivity index (χ3n) is 2.60. The number of hydrogen-bond donors (Lipinski definition) is 1. The van der Waals surface area contributed by atoms with Gasteiger partial charge in [-0.2, -0.15) is 0 Å². The van der Waals surface area contributed by atoms with E-state index in [2.05, 4.69) is 21.2 Å². The van der Waals surface area contributed by atoms with E-state index in [1.807, 2.05) is 24.3 Å². The molecule has 0 spiro atoms. The van der Waals surface area contributed by atoms with Crippen LogP contribution >= 0.6 is 15.9 Å². The summed E-state index contributed by atoms with van der Waals surface area (Å²) in [7, 11) is 0. The van der Waals surface area contributed by atoms with E-state index in [1.54, 1.807) is 12.1 Å². The number of nitrogens with zero attached hydrogens (tertiary/aromatic N) is 1. The summed E-state index contributed by atoms with van der Waals surface area (Å²) < 4.78 is 0.920. The number of nitro benzene ring substituents is 1. The lowest BCUT2D eigenvalue weighted by Gasteiger charge is -2.01. The van der Waals surface area contributed by atoms with Crippen LogP contribution in [0.4, 0.5) is 11.4 Å². The van der Waals surface area contributed by atoms with Crippen LogP contribution < -0.4 is 5.32 Å². The highest BCUT2D eigenvalue weighted by Gasteiger charge is 2.06. The number of anilines is 1. The number of amides is 1. The van der Waals surface area contributed by atoms with Gasteiger partial charge in [-0.1, -0.05) is 34.1 Å². The molecule has 21 heavy (non-hydrogen) atoms. The number of carbonyl (C=O) groups excluding carboxylic acids is 1. The van der Waals surface area contributed by atoms with Crippen molar-refractivity contribution in [3.63, 3.8) is 0 Å². The Kier molecular flexibility index (Phi) is 4.84. The third kappa shape index (κ3) is 4.54. The molecule has 5 nitrogen and oxygen atoms in total. The minimum Gasteiger partial charge on any atom is -0.322 e. The summed E-state index contributed by atoms with van der Waals surface area (Å²) >= 11 is 3.35. The zero-order valence-corrected chi connectivity index (χ0v) is 12.4. The molecule has 1 N–H and O–H groups in total. The van der Waals surface area contributed by atoms with E-state index in [9.17, 15) is 14.9 Å². The SMILES string of the molecule is O=C(/C=C/c1cccc(Br)c1)Nc1cccc([N+](=O)[O-])c1. The smallest absolute Gasteiger partial charge is 0.271 e. The zero-order chi connectivity index (χ0) is 15.2. The van der Waals surface area contributed by atoms with Crippen LogP contribution in [0.3, 0.4) is 0 Å². The van der Waals surface area contributed by atoms with Gasteiger partial charge in [-0.3, -0.25) is 14.9 Å². The Morgan fingerprint density at radius 3 is 2.67 bits per heavy atom. The first-order valence-electron chi connectivity index (χ1n) is 6.04. The largest absolute Gasteiger partial charge is 0.322 e. The maximum atomic E-state index is 11.8. The van der Waals surface area contributed by atoms with Gasteiger partial charge in [0.25, 0.3) is 5.69 Å². The fourth-order valence-corrected chi connectivity index (χ4v) is 2.08. The van der Waals surface area contributed by atoms with Crippen molar-refractivity contribution in [2.45, 2.75) is 0 Å². The van der Waals surface area contributed by atoms with Gasteiger partial charge >= 0.3 is 0 Å². The average molecular weight is 347 g/mol. The highest BCUT2D eigenvalue weighted by atomic mass is 79.9. The van der Waals surface area contributed by atoms with Gasteiger partial charge in [0.2, 0.25) is 5.91 Å². The summed E-state index contributed by atoms with van der Waals surface area (Å²) in [6.45, 7) is 0. The summed E-state index contributed by atoms with van der Waals surface area (Å²) in [6, 6.07) is 13.3. The van der Waals surface area contributed by atoms with Gasteiger partial charge in [0.1, 0.15) is 0 Å². The fraction of sp³-hybridized carbons (Fsp3) is 0. The van der Waals surface area contributed by atoms with Crippen LogP contribution in [0.25, 0.3) is 6.08 Å². The second-order valence-electron chi connectivity index (χ2n) is 4.19. The second-order valence-corrected chi connectivity index (χ2v) is 5.10. The molecule has 106 valence electrons. The lowest BCUT2D eigenvalue weighted by atomic mass is 10.2. The normalized spacial score (nSPS) is 10.5. The van der Waals surface area contributed by atoms with Crippen molar-refractivity contribution in [2.75, 3.05) is 5.32 Å². The monoisotopic (exact) mass is 346 g/mol.